The van der Waals surface area contributed by atoms with Crippen LogP contribution in [0.5, 0.6) is 0 Å². The molecule has 0 saturated carbocycles. The van der Waals surface area contributed by atoms with Gasteiger partial charge in [-0.15, -0.1) is 12.3 Å². The van der Waals surface area contributed by atoms with Gasteiger partial charge in [-0.25, -0.2) is 0 Å². The molecule has 2 aromatic rings. The minimum Gasteiger partial charge on any atom is -0.390 e. The Hall–Kier alpha value is -2.20. The van der Waals surface area contributed by atoms with Gasteiger partial charge in [-0.3, -0.25) is 0 Å². The van der Waals surface area contributed by atoms with E-state index in [9.17, 15) is 5.11 Å². The van der Waals surface area contributed by atoms with Crippen LogP contribution in [0.15, 0.2) is 60.7 Å². The second-order valence-corrected chi connectivity index (χ2v) is 8.21. The van der Waals surface area contributed by atoms with Gasteiger partial charge in [0.1, 0.15) is 6.10 Å². The largest absolute Gasteiger partial charge is 0.390 e. The number of benzene rings is 2. The monoisotopic (exact) mass is 422 g/mol. The van der Waals surface area contributed by atoms with Crippen LogP contribution in [0.4, 0.5) is 0 Å². The molecule has 2 heterocycles. The van der Waals surface area contributed by atoms with Gasteiger partial charge in [0.25, 0.3) is 0 Å². The predicted molar refractivity (Wildman–Crippen MR) is 117 cm³/mol. The molecule has 31 heavy (non-hydrogen) atoms. The molecule has 2 aliphatic rings. The molecule has 0 spiro atoms. The topological polar surface area (TPSA) is 57.2 Å². The van der Waals surface area contributed by atoms with E-state index in [1.54, 1.807) is 0 Å². The minimum atomic E-state index is -0.620. The fourth-order valence-corrected chi connectivity index (χ4v) is 4.25. The third-order valence-electron chi connectivity index (χ3n) is 5.92. The van der Waals surface area contributed by atoms with E-state index in [0.717, 1.165) is 11.1 Å². The molecular weight excluding hydrogens is 392 g/mol. The first-order chi connectivity index (χ1) is 15.2. The van der Waals surface area contributed by atoms with Crippen LogP contribution >= 0.6 is 0 Å². The molecule has 2 unspecified atom stereocenters. The van der Waals surface area contributed by atoms with Crippen molar-refractivity contribution < 1.29 is 24.1 Å². The highest BCUT2D eigenvalue weighted by atomic mass is 16.6. The van der Waals surface area contributed by atoms with E-state index in [4.69, 9.17) is 25.4 Å². The average Bonchev–Trinajstić information content (AvgIpc) is 2.80. The zero-order chi connectivity index (χ0) is 21.5. The molecule has 5 heteroatoms. The summed E-state index contributed by atoms with van der Waals surface area (Å²) in [4.78, 5) is 0. The van der Waals surface area contributed by atoms with E-state index in [-0.39, 0.29) is 30.5 Å². The second-order valence-electron chi connectivity index (χ2n) is 8.21. The molecule has 0 radical (unpaired) electrons. The van der Waals surface area contributed by atoms with E-state index < -0.39 is 6.10 Å². The zero-order valence-corrected chi connectivity index (χ0v) is 17.6. The van der Waals surface area contributed by atoms with Crippen molar-refractivity contribution in [2.24, 2.45) is 0 Å². The molecule has 2 aliphatic heterocycles. The highest BCUT2D eigenvalue weighted by molar-refractivity contribution is 5.14. The lowest BCUT2D eigenvalue weighted by Gasteiger charge is -2.46. The molecule has 0 aliphatic carbocycles. The Bertz CT molecular complexity index is 834. The van der Waals surface area contributed by atoms with Gasteiger partial charge < -0.3 is 24.1 Å². The third-order valence-corrected chi connectivity index (χ3v) is 5.92. The van der Waals surface area contributed by atoms with Crippen LogP contribution in [-0.4, -0.2) is 48.3 Å². The molecule has 6 atom stereocenters. The molecule has 0 amide bonds. The summed E-state index contributed by atoms with van der Waals surface area (Å²) in [5.41, 5.74) is 2.23. The summed E-state index contributed by atoms with van der Waals surface area (Å²) in [6, 6.07) is 20.2. The molecule has 2 saturated heterocycles. The van der Waals surface area contributed by atoms with Gasteiger partial charge in [0, 0.05) is 19.3 Å². The number of terminal acetylenes is 1. The van der Waals surface area contributed by atoms with Crippen molar-refractivity contribution in [2.45, 2.75) is 69.1 Å². The first-order valence-corrected chi connectivity index (χ1v) is 10.9. The van der Waals surface area contributed by atoms with Crippen molar-refractivity contribution in [1.29, 1.82) is 0 Å². The van der Waals surface area contributed by atoms with Crippen LogP contribution < -0.4 is 0 Å². The van der Waals surface area contributed by atoms with Crippen molar-refractivity contribution in [3.05, 3.63) is 71.8 Å². The van der Waals surface area contributed by atoms with Gasteiger partial charge in [-0.1, -0.05) is 60.7 Å². The standard InChI is InChI=1S/C26H30O5/c1-2-9-22-21(27)14-24-25(30-22)15-23(29-17-20-12-7-4-8-13-20)26(31-24)18-28-16-19-10-5-3-6-11-19/h1,3-8,10-13,21-27H,9,14-18H2/t21?,22?,23-,24-,25+,26+/m0/s1. The summed E-state index contributed by atoms with van der Waals surface area (Å²) in [6.45, 7) is 1.43. The number of hydrogen-bond donors (Lipinski definition) is 1. The van der Waals surface area contributed by atoms with Gasteiger partial charge in [0.15, 0.2) is 0 Å². The SMILES string of the molecule is C#CCC1O[C@@H]2C[C@H](OCc3ccccc3)[C@@H](COCc3ccccc3)O[C@H]2CC1O. The number of ether oxygens (including phenoxy) is 4. The van der Waals surface area contributed by atoms with Crippen LogP contribution in [-0.2, 0) is 32.2 Å². The fraction of sp³-hybridized carbons (Fsp3) is 0.462. The van der Waals surface area contributed by atoms with E-state index in [2.05, 4.69) is 5.92 Å². The Kier molecular flexibility index (Phi) is 7.74. The fourth-order valence-electron chi connectivity index (χ4n) is 4.25. The molecule has 1 N–H and O–H groups in total. The Morgan fingerprint density at radius 3 is 2.16 bits per heavy atom. The van der Waals surface area contributed by atoms with E-state index in [1.807, 2.05) is 60.7 Å². The van der Waals surface area contributed by atoms with Crippen LogP contribution in [0.1, 0.15) is 30.4 Å². The molecule has 2 aromatic carbocycles. The quantitative estimate of drug-likeness (QED) is 0.660. The van der Waals surface area contributed by atoms with Crippen LogP contribution in [0.25, 0.3) is 0 Å². The molecule has 164 valence electrons. The van der Waals surface area contributed by atoms with Crippen molar-refractivity contribution in [3.8, 4) is 12.3 Å². The summed E-state index contributed by atoms with van der Waals surface area (Å²) < 4.78 is 24.7. The normalized spacial score (nSPS) is 30.3. The lowest BCUT2D eigenvalue weighted by Crippen LogP contribution is -2.57. The number of aliphatic hydroxyl groups is 1. The smallest absolute Gasteiger partial charge is 0.108 e. The summed E-state index contributed by atoms with van der Waals surface area (Å²) in [5.74, 6) is 2.60. The maximum absolute atomic E-state index is 10.4. The van der Waals surface area contributed by atoms with Gasteiger partial charge in [0.2, 0.25) is 0 Å². The summed E-state index contributed by atoms with van der Waals surface area (Å²) in [5, 5.41) is 10.4. The van der Waals surface area contributed by atoms with E-state index >= 15 is 0 Å². The average molecular weight is 423 g/mol. The van der Waals surface area contributed by atoms with Crippen LogP contribution in [0, 0.1) is 12.3 Å². The van der Waals surface area contributed by atoms with Gasteiger partial charge in [0.05, 0.1) is 50.3 Å². The van der Waals surface area contributed by atoms with E-state index in [0.29, 0.717) is 39.1 Å². The second kappa shape index (κ2) is 10.9. The van der Waals surface area contributed by atoms with Gasteiger partial charge >= 0.3 is 0 Å². The Labute approximate surface area is 184 Å². The van der Waals surface area contributed by atoms with Crippen molar-refractivity contribution >= 4 is 0 Å². The molecular formula is C26H30O5. The molecule has 4 rings (SSSR count). The first kappa shape index (κ1) is 22.0. The number of fused-ring (bicyclic) bond motifs is 1. The zero-order valence-electron chi connectivity index (χ0n) is 17.6. The number of aliphatic hydroxyl groups excluding tert-OH is 1. The van der Waals surface area contributed by atoms with Crippen LogP contribution in [0.3, 0.4) is 0 Å². The molecule has 0 bridgehead atoms. The highest BCUT2D eigenvalue weighted by Crippen LogP contribution is 2.34. The Morgan fingerprint density at radius 2 is 1.48 bits per heavy atom. The Morgan fingerprint density at radius 1 is 0.871 bits per heavy atom. The maximum atomic E-state index is 10.4. The Balaban J connectivity index is 1.39. The maximum Gasteiger partial charge on any atom is 0.108 e. The van der Waals surface area contributed by atoms with E-state index in [1.165, 1.54) is 0 Å². The highest BCUT2D eigenvalue weighted by Gasteiger charge is 2.45. The lowest BCUT2D eigenvalue weighted by molar-refractivity contribution is -0.257. The van der Waals surface area contributed by atoms with Crippen molar-refractivity contribution in [2.75, 3.05) is 6.61 Å². The van der Waals surface area contributed by atoms with Gasteiger partial charge in [-0.2, -0.15) is 0 Å². The minimum absolute atomic E-state index is 0.145. The summed E-state index contributed by atoms with van der Waals surface area (Å²) in [7, 11) is 0. The van der Waals surface area contributed by atoms with Crippen LogP contribution in [0.2, 0.25) is 0 Å². The predicted octanol–water partition coefficient (Wildman–Crippen LogP) is 3.49. The molecule has 2 fully saturated rings. The number of hydrogen-bond acceptors (Lipinski definition) is 5. The van der Waals surface area contributed by atoms with Crippen molar-refractivity contribution in [3.63, 3.8) is 0 Å². The molecule has 5 nitrogen and oxygen atoms in total. The lowest BCUT2D eigenvalue weighted by atomic mass is 9.89. The number of rotatable bonds is 8. The van der Waals surface area contributed by atoms with Gasteiger partial charge in [-0.05, 0) is 11.1 Å². The third kappa shape index (κ3) is 5.94. The summed E-state index contributed by atoms with van der Waals surface area (Å²) in [6.07, 6.45) is 5.33. The summed E-state index contributed by atoms with van der Waals surface area (Å²) >= 11 is 0. The molecule has 0 aromatic heterocycles. The first-order valence-electron chi connectivity index (χ1n) is 10.9. The van der Waals surface area contributed by atoms with Crippen molar-refractivity contribution in [1.82, 2.24) is 0 Å².